The number of hydrogen-bond donors (Lipinski definition) is 2. The molecule has 9 heteroatoms. The summed E-state index contributed by atoms with van der Waals surface area (Å²) in [5, 5.41) is 6.48. The number of hydrogen-bond acceptors (Lipinski definition) is 7. The van der Waals surface area contributed by atoms with Gasteiger partial charge in [0.15, 0.2) is 0 Å². The van der Waals surface area contributed by atoms with Crippen molar-refractivity contribution in [1.82, 2.24) is 24.3 Å². The molecule has 0 bridgehead atoms. The molecule has 6 aromatic rings. The van der Waals surface area contributed by atoms with Crippen LogP contribution in [0, 0.1) is 13.8 Å². The van der Waals surface area contributed by atoms with E-state index in [0.717, 1.165) is 58.2 Å². The van der Waals surface area contributed by atoms with Crippen molar-refractivity contribution in [3.63, 3.8) is 0 Å². The van der Waals surface area contributed by atoms with Crippen LogP contribution in [0.15, 0.2) is 103 Å². The fourth-order valence-corrected chi connectivity index (χ4v) is 6.46. The largest absolute Gasteiger partial charge is 0.371 e. The molecule has 2 N–H and O–H groups in total. The molecule has 0 unspecified atom stereocenters. The number of fused-ring (bicyclic) bond motifs is 1. The van der Waals surface area contributed by atoms with E-state index >= 15 is 0 Å². The Bertz CT molecular complexity index is 2080. The number of piperidine rings is 1. The molecule has 9 nitrogen and oxygen atoms in total. The lowest BCUT2D eigenvalue weighted by molar-refractivity contribution is 0.102. The standard InChI is InChI=1S/C39H40N8O/c1-26-9-7-12-33(27(26)2)38(48)41-30-11-8-10-28(25-30)36-37(47-22-6-5-13-35(47)44-36)34-18-21-40-39(43-34)42-29-14-16-32(17-15-29)46-23-19-31(20-24-46)45(3)4/h5-18,21-22,25,31H,19-20,23-24H2,1-4H3,(H,41,48)(H,40,42,43). The summed E-state index contributed by atoms with van der Waals surface area (Å²) in [5.74, 6) is 0.357. The zero-order chi connectivity index (χ0) is 33.2. The predicted octanol–water partition coefficient (Wildman–Crippen LogP) is 7.60. The second-order valence-electron chi connectivity index (χ2n) is 12.6. The highest BCUT2D eigenvalue weighted by atomic mass is 16.1. The minimum absolute atomic E-state index is 0.142. The van der Waals surface area contributed by atoms with Crippen molar-refractivity contribution in [3.05, 3.63) is 120 Å². The number of amides is 1. The van der Waals surface area contributed by atoms with Crippen LogP contribution in [0.1, 0.15) is 34.3 Å². The number of nitrogens with zero attached hydrogens (tertiary/aromatic N) is 6. The molecule has 3 aromatic carbocycles. The number of anilines is 4. The number of carbonyl (C=O) groups excluding carboxylic acids is 1. The average molecular weight is 637 g/mol. The molecule has 0 saturated carbocycles. The van der Waals surface area contributed by atoms with Gasteiger partial charge in [-0.15, -0.1) is 0 Å². The zero-order valence-corrected chi connectivity index (χ0v) is 27.8. The Labute approximate surface area is 281 Å². The first-order valence-electron chi connectivity index (χ1n) is 16.4. The number of aromatic nitrogens is 4. The summed E-state index contributed by atoms with van der Waals surface area (Å²) in [5.41, 5.74) is 9.55. The van der Waals surface area contributed by atoms with Crippen molar-refractivity contribution in [3.8, 4) is 22.6 Å². The van der Waals surface area contributed by atoms with Crippen LogP contribution in [-0.4, -0.2) is 63.4 Å². The van der Waals surface area contributed by atoms with Crippen LogP contribution < -0.4 is 15.5 Å². The number of imidazole rings is 1. The van der Waals surface area contributed by atoms with Gasteiger partial charge in [0, 0.05) is 59.7 Å². The van der Waals surface area contributed by atoms with Crippen LogP contribution in [0.2, 0.25) is 0 Å². The van der Waals surface area contributed by atoms with E-state index in [4.69, 9.17) is 9.97 Å². The molecule has 0 aliphatic carbocycles. The predicted molar refractivity (Wildman–Crippen MR) is 194 cm³/mol. The third kappa shape index (κ3) is 6.37. The molecular formula is C39H40N8O. The number of aryl methyl sites for hydroxylation is 1. The van der Waals surface area contributed by atoms with E-state index in [-0.39, 0.29) is 5.91 Å². The molecule has 7 rings (SSSR count). The van der Waals surface area contributed by atoms with E-state index in [1.807, 2.05) is 91.2 Å². The third-order valence-corrected chi connectivity index (χ3v) is 9.35. The zero-order valence-electron chi connectivity index (χ0n) is 27.8. The van der Waals surface area contributed by atoms with E-state index in [1.54, 1.807) is 6.20 Å². The second-order valence-corrected chi connectivity index (χ2v) is 12.6. The number of nitrogens with one attached hydrogen (secondary N) is 2. The SMILES string of the molecule is Cc1cccc(C(=O)Nc2cccc(-c3nc4ccccn4c3-c3ccnc(Nc4ccc(N5CCC(N(C)C)CC5)cc4)n3)c2)c1C. The molecule has 0 spiro atoms. The summed E-state index contributed by atoms with van der Waals surface area (Å²) < 4.78 is 2.04. The summed E-state index contributed by atoms with van der Waals surface area (Å²) >= 11 is 0. The van der Waals surface area contributed by atoms with Gasteiger partial charge in [-0.25, -0.2) is 15.0 Å². The lowest BCUT2D eigenvalue weighted by Crippen LogP contribution is -2.41. The van der Waals surface area contributed by atoms with Crippen molar-refractivity contribution in [2.75, 3.05) is 42.7 Å². The average Bonchev–Trinajstić information content (AvgIpc) is 3.50. The highest BCUT2D eigenvalue weighted by Gasteiger charge is 2.21. The summed E-state index contributed by atoms with van der Waals surface area (Å²) in [6, 6.07) is 30.5. The van der Waals surface area contributed by atoms with Crippen molar-refractivity contribution < 1.29 is 4.79 Å². The number of rotatable bonds is 8. The molecule has 1 aliphatic heterocycles. The topological polar surface area (TPSA) is 90.7 Å². The second kappa shape index (κ2) is 13.3. The molecular weight excluding hydrogens is 596 g/mol. The van der Waals surface area contributed by atoms with Crippen LogP contribution in [0.5, 0.6) is 0 Å². The van der Waals surface area contributed by atoms with Gasteiger partial charge in [0.25, 0.3) is 5.91 Å². The maximum atomic E-state index is 13.2. The van der Waals surface area contributed by atoms with Crippen LogP contribution in [-0.2, 0) is 0 Å². The minimum Gasteiger partial charge on any atom is -0.371 e. The molecule has 0 radical (unpaired) electrons. The summed E-state index contributed by atoms with van der Waals surface area (Å²) in [6.07, 6.45) is 6.10. The molecule has 3 aromatic heterocycles. The van der Waals surface area contributed by atoms with Crippen LogP contribution in [0.4, 0.5) is 23.0 Å². The van der Waals surface area contributed by atoms with Crippen LogP contribution in [0.25, 0.3) is 28.3 Å². The first-order valence-corrected chi connectivity index (χ1v) is 16.4. The molecule has 242 valence electrons. The lowest BCUT2D eigenvalue weighted by atomic mass is 10.0. The van der Waals surface area contributed by atoms with E-state index in [9.17, 15) is 4.79 Å². The molecule has 1 amide bonds. The van der Waals surface area contributed by atoms with Gasteiger partial charge in [-0.1, -0.05) is 30.3 Å². The normalized spacial score (nSPS) is 13.6. The Morgan fingerprint density at radius 2 is 1.65 bits per heavy atom. The van der Waals surface area contributed by atoms with Gasteiger partial charge in [-0.05, 0) is 113 Å². The maximum Gasteiger partial charge on any atom is 0.255 e. The minimum atomic E-state index is -0.142. The smallest absolute Gasteiger partial charge is 0.255 e. The van der Waals surface area contributed by atoms with Gasteiger partial charge in [0.2, 0.25) is 5.95 Å². The highest BCUT2D eigenvalue weighted by molar-refractivity contribution is 6.05. The van der Waals surface area contributed by atoms with Gasteiger partial charge < -0.3 is 20.4 Å². The maximum absolute atomic E-state index is 13.2. The fraction of sp³-hybridized carbons (Fsp3) is 0.231. The van der Waals surface area contributed by atoms with Crippen molar-refractivity contribution >= 4 is 34.6 Å². The molecule has 4 heterocycles. The Hall–Kier alpha value is -5.54. The number of benzene rings is 3. The molecule has 48 heavy (non-hydrogen) atoms. The van der Waals surface area contributed by atoms with Crippen LogP contribution in [0.3, 0.4) is 0 Å². The van der Waals surface area contributed by atoms with Crippen molar-refractivity contribution in [2.24, 2.45) is 0 Å². The van der Waals surface area contributed by atoms with Gasteiger partial charge >= 0.3 is 0 Å². The number of carbonyl (C=O) groups is 1. The highest BCUT2D eigenvalue weighted by Crippen LogP contribution is 2.34. The summed E-state index contributed by atoms with van der Waals surface area (Å²) in [6.45, 7) is 6.10. The first-order chi connectivity index (χ1) is 23.3. The van der Waals surface area contributed by atoms with E-state index in [2.05, 4.69) is 63.8 Å². The van der Waals surface area contributed by atoms with Gasteiger partial charge in [-0.2, -0.15) is 0 Å². The Kier molecular flexibility index (Phi) is 8.61. The molecule has 1 fully saturated rings. The Balaban J connectivity index is 1.15. The monoisotopic (exact) mass is 636 g/mol. The summed E-state index contributed by atoms with van der Waals surface area (Å²) in [7, 11) is 4.34. The molecule has 1 saturated heterocycles. The third-order valence-electron chi connectivity index (χ3n) is 9.35. The fourth-order valence-electron chi connectivity index (χ4n) is 6.46. The van der Waals surface area contributed by atoms with Crippen molar-refractivity contribution in [1.29, 1.82) is 0 Å². The quantitative estimate of drug-likeness (QED) is 0.178. The van der Waals surface area contributed by atoms with E-state index in [1.165, 1.54) is 18.5 Å². The Morgan fingerprint density at radius 1 is 0.854 bits per heavy atom. The van der Waals surface area contributed by atoms with Gasteiger partial charge in [-0.3, -0.25) is 9.20 Å². The van der Waals surface area contributed by atoms with Gasteiger partial charge in [0.05, 0.1) is 17.1 Å². The number of pyridine rings is 1. The van der Waals surface area contributed by atoms with Gasteiger partial charge in [0.1, 0.15) is 5.65 Å². The Morgan fingerprint density at radius 3 is 2.44 bits per heavy atom. The summed E-state index contributed by atoms with van der Waals surface area (Å²) in [4.78, 5) is 32.5. The van der Waals surface area contributed by atoms with Crippen LogP contribution >= 0.6 is 0 Å². The molecule has 0 atom stereocenters. The molecule has 1 aliphatic rings. The first kappa shape index (κ1) is 31.1. The van der Waals surface area contributed by atoms with E-state index in [0.29, 0.717) is 23.2 Å². The lowest BCUT2D eigenvalue weighted by Gasteiger charge is -2.36. The van der Waals surface area contributed by atoms with Crippen molar-refractivity contribution in [2.45, 2.75) is 32.7 Å². The van der Waals surface area contributed by atoms with E-state index < -0.39 is 0 Å².